The van der Waals surface area contributed by atoms with Crippen LogP contribution in [0.1, 0.15) is 11.1 Å². The van der Waals surface area contributed by atoms with E-state index in [-0.39, 0.29) is 12.4 Å². The molecule has 0 aromatic heterocycles. The first-order chi connectivity index (χ1) is 15.7. The van der Waals surface area contributed by atoms with Gasteiger partial charge in [-0.1, -0.05) is 60.7 Å². The minimum atomic E-state index is 0. The Morgan fingerprint density at radius 2 is 1.52 bits per heavy atom. The Balaban J connectivity index is 0.00000259. The fourth-order valence-corrected chi connectivity index (χ4v) is 5.01. The molecule has 3 aromatic rings. The highest BCUT2D eigenvalue weighted by molar-refractivity contribution is 7.21. The first-order valence-electron chi connectivity index (χ1n) is 10.8. The number of nitrogens with zero attached hydrogens (tertiary/aromatic N) is 3. The van der Waals surface area contributed by atoms with Gasteiger partial charge in [-0.2, -0.15) is 0 Å². The Labute approximate surface area is 205 Å². The molecule has 3 nitrogen and oxygen atoms in total. The van der Waals surface area contributed by atoms with Gasteiger partial charge >= 0.3 is 0 Å². The maximum atomic E-state index is 4.92. The molecular formula is C28H26ClN3S. The minimum absolute atomic E-state index is 0. The molecule has 33 heavy (non-hydrogen) atoms. The SMILES string of the molecule is CN(Cc1ccccc1)c1ccc2nc3ccc(=[N+](C)Cc4ccccc4)cc-3sc2c1.[Cl-]. The summed E-state index contributed by atoms with van der Waals surface area (Å²) >= 11 is 1.81. The highest BCUT2D eigenvalue weighted by Gasteiger charge is 2.11. The van der Waals surface area contributed by atoms with Crippen LogP contribution in [-0.4, -0.2) is 19.1 Å². The van der Waals surface area contributed by atoms with Crippen molar-refractivity contribution in [2.45, 2.75) is 13.1 Å². The second kappa shape index (κ2) is 10.2. The van der Waals surface area contributed by atoms with Crippen LogP contribution < -0.4 is 27.2 Å². The molecule has 5 rings (SSSR count). The minimum Gasteiger partial charge on any atom is -1.00 e. The van der Waals surface area contributed by atoms with Gasteiger partial charge in [0.15, 0.2) is 6.54 Å². The zero-order chi connectivity index (χ0) is 21.9. The number of hydrogen-bond acceptors (Lipinski definition) is 3. The summed E-state index contributed by atoms with van der Waals surface area (Å²) in [6, 6.07) is 34.3. The number of fused-ring (bicyclic) bond motifs is 2. The van der Waals surface area contributed by atoms with E-state index in [1.165, 1.54) is 31.7 Å². The third kappa shape index (κ3) is 5.24. The molecule has 0 unspecified atom stereocenters. The Bertz CT molecular complexity index is 1400. The van der Waals surface area contributed by atoms with Crippen molar-refractivity contribution in [3.8, 4) is 10.6 Å². The van der Waals surface area contributed by atoms with E-state index in [0.29, 0.717) is 0 Å². The maximum Gasteiger partial charge on any atom is 0.201 e. The predicted molar refractivity (Wildman–Crippen MR) is 136 cm³/mol. The number of rotatable bonds is 5. The van der Waals surface area contributed by atoms with Gasteiger partial charge in [0.2, 0.25) is 5.36 Å². The molecule has 0 atom stereocenters. The van der Waals surface area contributed by atoms with Crippen molar-refractivity contribution in [3.63, 3.8) is 0 Å². The largest absolute Gasteiger partial charge is 1.00 e. The third-order valence-electron chi connectivity index (χ3n) is 5.75. The molecular weight excluding hydrogens is 446 g/mol. The molecule has 0 amide bonds. The van der Waals surface area contributed by atoms with Crippen molar-refractivity contribution in [1.82, 2.24) is 9.56 Å². The molecule has 2 aliphatic rings. The summed E-state index contributed by atoms with van der Waals surface area (Å²) in [5.41, 5.74) is 5.91. The van der Waals surface area contributed by atoms with Gasteiger partial charge in [-0.15, -0.1) is 11.3 Å². The summed E-state index contributed by atoms with van der Waals surface area (Å²) in [7, 11) is 4.29. The van der Waals surface area contributed by atoms with Gasteiger partial charge in [0, 0.05) is 37.0 Å². The maximum absolute atomic E-state index is 4.92. The van der Waals surface area contributed by atoms with E-state index < -0.39 is 0 Å². The van der Waals surface area contributed by atoms with Crippen molar-refractivity contribution in [3.05, 3.63) is 114 Å². The Morgan fingerprint density at radius 1 is 0.818 bits per heavy atom. The van der Waals surface area contributed by atoms with Crippen LogP contribution in [0.15, 0.2) is 97.1 Å². The molecule has 166 valence electrons. The summed E-state index contributed by atoms with van der Waals surface area (Å²) < 4.78 is 3.49. The monoisotopic (exact) mass is 471 g/mol. The van der Waals surface area contributed by atoms with Crippen molar-refractivity contribution in [1.29, 1.82) is 0 Å². The summed E-state index contributed by atoms with van der Waals surface area (Å²) in [5.74, 6) is 0. The van der Waals surface area contributed by atoms with Gasteiger partial charge in [-0.05, 0) is 29.8 Å². The lowest BCUT2D eigenvalue weighted by Gasteiger charge is -2.20. The van der Waals surface area contributed by atoms with Crippen LogP contribution in [0.3, 0.4) is 0 Å². The van der Waals surface area contributed by atoms with E-state index in [9.17, 15) is 0 Å². The standard InChI is InChI=1S/C28H26N3S.ClH/c1-30(19-21-9-5-3-6-10-21)23-13-15-25-27(17-23)32-28-18-24(14-16-26(28)29-25)31(2)20-22-11-7-4-8-12-22;/h3-18H,19-20H2,1-2H3;1H/q+1;/p-1. The molecule has 5 heteroatoms. The van der Waals surface area contributed by atoms with Gasteiger partial charge in [0.25, 0.3) is 0 Å². The second-order valence-electron chi connectivity index (χ2n) is 8.20. The number of anilines is 1. The smallest absolute Gasteiger partial charge is 0.201 e. The average molecular weight is 472 g/mol. The zero-order valence-electron chi connectivity index (χ0n) is 18.8. The van der Waals surface area contributed by atoms with Crippen molar-refractivity contribution < 1.29 is 12.4 Å². The Hall–Kier alpha value is -3.21. The second-order valence-corrected chi connectivity index (χ2v) is 9.29. The van der Waals surface area contributed by atoms with Crippen LogP contribution in [0, 0.1) is 0 Å². The first kappa shape index (κ1) is 23.0. The van der Waals surface area contributed by atoms with E-state index in [1.807, 2.05) is 11.3 Å². The van der Waals surface area contributed by atoms with Gasteiger partial charge in [0.1, 0.15) is 7.05 Å². The van der Waals surface area contributed by atoms with Crippen molar-refractivity contribution in [2.24, 2.45) is 0 Å². The molecule has 3 aromatic carbocycles. The molecule has 0 fully saturated rings. The zero-order valence-corrected chi connectivity index (χ0v) is 20.4. The molecule has 0 radical (unpaired) electrons. The predicted octanol–water partition coefficient (Wildman–Crippen LogP) is 2.64. The van der Waals surface area contributed by atoms with Crippen molar-refractivity contribution >= 4 is 27.2 Å². The van der Waals surface area contributed by atoms with E-state index >= 15 is 0 Å². The number of aromatic nitrogens is 1. The first-order valence-corrected chi connectivity index (χ1v) is 11.7. The van der Waals surface area contributed by atoms with E-state index in [4.69, 9.17) is 4.98 Å². The van der Waals surface area contributed by atoms with E-state index in [2.05, 4.69) is 121 Å². The Kier molecular flexibility index (Phi) is 7.07. The summed E-state index contributed by atoms with van der Waals surface area (Å²) in [5, 5.41) is 1.20. The number of hydrogen-bond donors (Lipinski definition) is 0. The lowest BCUT2D eigenvalue weighted by molar-refractivity contribution is -0.00000636. The fourth-order valence-electron chi connectivity index (χ4n) is 3.97. The van der Waals surface area contributed by atoms with Gasteiger partial charge in [0.05, 0.1) is 20.8 Å². The van der Waals surface area contributed by atoms with Crippen LogP contribution in [-0.2, 0) is 13.1 Å². The molecule has 1 aliphatic carbocycles. The topological polar surface area (TPSA) is 19.1 Å². The molecule has 1 aliphatic heterocycles. The average Bonchev–Trinajstić information content (AvgIpc) is 2.83. The lowest BCUT2D eigenvalue weighted by atomic mass is 10.2. The number of benzene rings is 4. The van der Waals surface area contributed by atoms with Crippen LogP contribution in [0.4, 0.5) is 5.69 Å². The van der Waals surface area contributed by atoms with Gasteiger partial charge < -0.3 is 17.3 Å². The normalized spacial score (nSPS) is 11.8. The Morgan fingerprint density at radius 3 is 2.24 bits per heavy atom. The summed E-state index contributed by atoms with van der Waals surface area (Å²) in [4.78, 5) is 8.41. The van der Waals surface area contributed by atoms with Gasteiger partial charge in [-0.25, -0.2) is 9.56 Å². The molecule has 0 bridgehead atoms. The van der Waals surface area contributed by atoms with Crippen LogP contribution in [0.5, 0.6) is 0 Å². The van der Waals surface area contributed by atoms with E-state index in [1.54, 1.807) is 0 Å². The molecule has 0 N–H and O–H groups in total. The van der Waals surface area contributed by atoms with E-state index in [0.717, 1.165) is 24.3 Å². The quantitative estimate of drug-likeness (QED) is 0.290. The molecule has 0 spiro atoms. The summed E-state index contributed by atoms with van der Waals surface area (Å²) in [6.07, 6.45) is 0. The highest BCUT2D eigenvalue weighted by Crippen LogP contribution is 2.32. The van der Waals surface area contributed by atoms with Crippen LogP contribution in [0.25, 0.3) is 20.8 Å². The third-order valence-corrected chi connectivity index (χ3v) is 6.85. The molecule has 1 heterocycles. The van der Waals surface area contributed by atoms with Crippen LogP contribution in [0.2, 0.25) is 0 Å². The summed E-state index contributed by atoms with van der Waals surface area (Å²) in [6.45, 7) is 1.76. The van der Waals surface area contributed by atoms with Crippen molar-refractivity contribution in [2.75, 3.05) is 19.0 Å². The molecule has 0 saturated carbocycles. The van der Waals surface area contributed by atoms with Gasteiger partial charge in [-0.3, -0.25) is 0 Å². The van der Waals surface area contributed by atoms with Crippen LogP contribution >= 0.6 is 11.3 Å². The molecule has 0 saturated heterocycles. The highest BCUT2D eigenvalue weighted by atomic mass is 35.5. The number of halogens is 1. The fraction of sp³-hybridized carbons (Fsp3) is 0.143. The lowest BCUT2D eigenvalue weighted by Crippen LogP contribution is -3.00.